The van der Waals surface area contributed by atoms with Crippen LogP contribution in [0.2, 0.25) is 0 Å². The van der Waals surface area contributed by atoms with Gasteiger partial charge in [-0.2, -0.15) is 0 Å². The molecule has 2 rings (SSSR count). The summed E-state index contributed by atoms with van der Waals surface area (Å²) < 4.78 is 0. The summed E-state index contributed by atoms with van der Waals surface area (Å²) in [4.78, 5) is 6.89. The topological polar surface area (TPSA) is 28.2 Å². The minimum absolute atomic E-state index is 0.443. The van der Waals surface area contributed by atoms with Gasteiger partial charge >= 0.3 is 0 Å². The van der Waals surface area contributed by atoms with Crippen LogP contribution in [-0.4, -0.2) is 24.6 Å². The molecule has 1 N–H and O–H groups in total. The second-order valence-corrected chi connectivity index (χ2v) is 6.95. The third kappa shape index (κ3) is 3.87. The van der Waals surface area contributed by atoms with Crippen LogP contribution >= 0.6 is 0 Å². The van der Waals surface area contributed by atoms with E-state index in [9.17, 15) is 0 Å². The molecule has 0 aliphatic carbocycles. The van der Waals surface area contributed by atoms with E-state index in [1.807, 2.05) is 6.20 Å². The first-order valence-corrected chi connectivity index (χ1v) is 7.95. The summed E-state index contributed by atoms with van der Waals surface area (Å²) in [6, 6.07) is 4.32. The molecule has 0 saturated carbocycles. The fourth-order valence-corrected chi connectivity index (χ4v) is 2.97. The van der Waals surface area contributed by atoms with E-state index in [4.69, 9.17) is 0 Å². The van der Waals surface area contributed by atoms with Crippen molar-refractivity contribution in [1.82, 2.24) is 4.98 Å². The Kier molecular flexibility index (Phi) is 4.90. The molecular weight excluding hydrogens is 246 g/mol. The van der Waals surface area contributed by atoms with E-state index in [0.29, 0.717) is 5.41 Å². The molecular formula is C17H29N3. The summed E-state index contributed by atoms with van der Waals surface area (Å²) in [5, 5.41) is 3.37. The molecule has 3 nitrogen and oxygen atoms in total. The maximum atomic E-state index is 4.39. The van der Waals surface area contributed by atoms with Gasteiger partial charge in [-0.25, -0.2) is 4.98 Å². The molecule has 0 unspecified atom stereocenters. The molecule has 3 heteroatoms. The highest BCUT2D eigenvalue weighted by molar-refractivity contribution is 5.54. The van der Waals surface area contributed by atoms with Crippen molar-refractivity contribution in [2.24, 2.45) is 11.3 Å². The molecule has 112 valence electrons. The van der Waals surface area contributed by atoms with Crippen LogP contribution in [0.4, 0.5) is 11.5 Å². The molecule has 1 aromatic rings. The van der Waals surface area contributed by atoms with E-state index in [1.54, 1.807) is 0 Å². The van der Waals surface area contributed by atoms with E-state index < -0.39 is 0 Å². The molecule has 1 aromatic heterocycles. The standard InChI is InChI=1S/C17H29N3/c1-5-9-18-16-13-15(6-10-19-16)20-11-7-14(8-12-20)17(2,3)4/h6,10,13-14H,5,7-9,11-12H2,1-4H3,(H,18,19). The van der Waals surface area contributed by atoms with Gasteiger partial charge in [-0.15, -0.1) is 0 Å². The molecule has 0 amide bonds. The van der Waals surface area contributed by atoms with Crippen LogP contribution in [0.15, 0.2) is 18.3 Å². The summed E-state index contributed by atoms with van der Waals surface area (Å²) in [6.45, 7) is 12.6. The summed E-state index contributed by atoms with van der Waals surface area (Å²) >= 11 is 0. The van der Waals surface area contributed by atoms with Gasteiger partial charge in [-0.05, 0) is 36.7 Å². The predicted molar refractivity (Wildman–Crippen MR) is 87.4 cm³/mol. The average Bonchev–Trinajstić information content (AvgIpc) is 2.45. The Morgan fingerprint density at radius 3 is 2.60 bits per heavy atom. The zero-order chi connectivity index (χ0) is 14.6. The second kappa shape index (κ2) is 6.47. The van der Waals surface area contributed by atoms with E-state index in [-0.39, 0.29) is 0 Å². The van der Waals surface area contributed by atoms with Gasteiger partial charge in [0.25, 0.3) is 0 Å². The van der Waals surface area contributed by atoms with Crippen molar-refractivity contribution < 1.29 is 0 Å². The average molecular weight is 275 g/mol. The lowest BCUT2D eigenvalue weighted by molar-refractivity contribution is 0.199. The van der Waals surface area contributed by atoms with Crippen LogP contribution in [0, 0.1) is 11.3 Å². The lowest BCUT2D eigenvalue weighted by Gasteiger charge is -2.39. The molecule has 1 saturated heterocycles. The van der Waals surface area contributed by atoms with Gasteiger partial charge in [0.05, 0.1) is 0 Å². The van der Waals surface area contributed by atoms with Crippen LogP contribution in [0.5, 0.6) is 0 Å². The first kappa shape index (κ1) is 15.1. The van der Waals surface area contributed by atoms with Gasteiger partial charge in [0, 0.05) is 37.6 Å². The van der Waals surface area contributed by atoms with Crippen LogP contribution in [0.1, 0.15) is 47.0 Å². The Labute approximate surface area is 123 Å². The van der Waals surface area contributed by atoms with Gasteiger partial charge in [0.15, 0.2) is 0 Å². The maximum Gasteiger partial charge on any atom is 0.127 e. The Morgan fingerprint density at radius 1 is 1.30 bits per heavy atom. The highest BCUT2D eigenvalue weighted by Crippen LogP contribution is 2.35. The molecule has 0 aromatic carbocycles. The van der Waals surface area contributed by atoms with Crippen molar-refractivity contribution in [1.29, 1.82) is 0 Å². The minimum Gasteiger partial charge on any atom is -0.371 e. The van der Waals surface area contributed by atoms with Crippen LogP contribution in [0.3, 0.4) is 0 Å². The number of pyridine rings is 1. The van der Waals surface area contributed by atoms with E-state index in [1.165, 1.54) is 31.6 Å². The molecule has 0 bridgehead atoms. The Morgan fingerprint density at radius 2 is 2.00 bits per heavy atom. The van der Waals surface area contributed by atoms with E-state index >= 15 is 0 Å². The summed E-state index contributed by atoms with van der Waals surface area (Å²) in [6.07, 6.45) is 5.64. The van der Waals surface area contributed by atoms with Crippen LogP contribution in [-0.2, 0) is 0 Å². The van der Waals surface area contributed by atoms with Gasteiger partial charge in [-0.1, -0.05) is 27.7 Å². The number of anilines is 2. The number of aromatic nitrogens is 1. The Balaban J connectivity index is 1.96. The summed E-state index contributed by atoms with van der Waals surface area (Å²) in [5.74, 6) is 1.85. The van der Waals surface area contributed by atoms with E-state index in [0.717, 1.165) is 24.7 Å². The second-order valence-electron chi connectivity index (χ2n) is 6.95. The minimum atomic E-state index is 0.443. The fourth-order valence-electron chi connectivity index (χ4n) is 2.97. The Hall–Kier alpha value is -1.25. The lowest BCUT2D eigenvalue weighted by atomic mass is 9.75. The third-order valence-electron chi connectivity index (χ3n) is 4.38. The van der Waals surface area contributed by atoms with Crippen molar-refractivity contribution in [2.75, 3.05) is 29.9 Å². The Bertz CT molecular complexity index is 414. The zero-order valence-electron chi connectivity index (χ0n) is 13.4. The largest absolute Gasteiger partial charge is 0.371 e. The van der Waals surface area contributed by atoms with Gasteiger partial charge in [0.1, 0.15) is 5.82 Å². The van der Waals surface area contributed by atoms with Gasteiger partial charge in [0.2, 0.25) is 0 Å². The van der Waals surface area contributed by atoms with Crippen LogP contribution < -0.4 is 10.2 Å². The number of rotatable bonds is 4. The third-order valence-corrected chi connectivity index (χ3v) is 4.38. The molecule has 0 atom stereocenters. The monoisotopic (exact) mass is 275 g/mol. The van der Waals surface area contributed by atoms with Crippen molar-refractivity contribution in [3.63, 3.8) is 0 Å². The van der Waals surface area contributed by atoms with Crippen molar-refractivity contribution in [2.45, 2.75) is 47.0 Å². The highest BCUT2D eigenvalue weighted by Gasteiger charge is 2.28. The molecule has 20 heavy (non-hydrogen) atoms. The zero-order valence-corrected chi connectivity index (χ0v) is 13.4. The first-order chi connectivity index (χ1) is 9.50. The van der Waals surface area contributed by atoms with E-state index in [2.05, 4.69) is 55.0 Å². The highest BCUT2D eigenvalue weighted by atomic mass is 15.1. The maximum absolute atomic E-state index is 4.39. The van der Waals surface area contributed by atoms with Crippen LogP contribution in [0.25, 0.3) is 0 Å². The lowest BCUT2D eigenvalue weighted by Crippen LogP contribution is -2.38. The number of nitrogens with one attached hydrogen (secondary N) is 1. The summed E-state index contributed by atoms with van der Waals surface area (Å²) in [7, 11) is 0. The molecule has 0 radical (unpaired) electrons. The number of hydrogen-bond acceptors (Lipinski definition) is 3. The molecule has 0 spiro atoms. The predicted octanol–water partition coefficient (Wildman–Crippen LogP) is 4.17. The first-order valence-electron chi connectivity index (χ1n) is 7.95. The molecule has 1 aliphatic heterocycles. The molecule has 2 heterocycles. The van der Waals surface area contributed by atoms with Crippen molar-refractivity contribution in [3.8, 4) is 0 Å². The molecule has 1 aliphatic rings. The normalized spacial score (nSPS) is 17.3. The van der Waals surface area contributed by atoms with Gasteiger partial charge in [-0.3, -0.25) is 0 Å². The number of piperidine rings is 1. The SMILES string of the molecule is CCCNc1cc(N2CCC(C(C)(C)C)CC2)ccn1. The summed E-state index contributed by atoms with van der Waals surface area (Å²) in [5.41, 5.74) is 1.75. The number of nitrogens with zero attached hydrogens (tertiary/aromatic N) is 2. The van der Waals surface area contributed by atoms with Crippen molar-refractivity contribution >= 4 is 11.5 Å². The number of hydrogen-bond donors (Lipinski definition) is 1. The molecule has 1 fully saturated rings. The smallest absolute Gasteiger partial charge is 0.127 e. The van der Waals surface area contributed by atoms with Crippen molar-refractivity contribution in [3.05, 3.63) is 18.3 Å². The van der Waals surface area contributed by atoms with Gasteiger partial charge < -0.3 is 10.2 Å². The quantitative estimate of drug-likeness (QED) is 0.894. The fraction of sp³-hybridized carbons (Fsp3) is 0.706.